The molecular weight excluding hydrogens is 226 g/mol. The van der Waals surface area contributed by atoms with Crippen LogP contribution in [-0.4, -0.2) is 41.9 Å². The van der Waals surface area contributed by atoms with Crippen molar-refractivity contribution in [2.24, 2.45) is 5.92 Å². The number of ether oxygens (including phenoxy) is 1. The van der Waals surface area contributed by atoms with Crippen LogP contribution >= 0.6 is 0 Å². The van der Waals surface area contributed by atoms with Gasteiger partial charge in [0.05, 0.1) is 18.8 Å². The van der Waals surface area contributed by atoms with E-state index in [2.05, 4.69) is 29.2 Å². The van der Waals surface area contributed by atoms with E-state index >= 15 is 0 Å². The summed E-state index contributed by atoms with van der Waals surface area (Å²) < 4.78 is 5.94. The molecule has 3 rings (SSSR count). The molecule has 2 fully saturated rings. The van der Waals surface area contributed by atoms with Crippen LogP contribution in [0.15, 0.2) is 30.3 Å². The lowest BCUT2D eigenvalue weighted by Gasteiger charge is -2.37. The molecule has 3 heteroatoms. The van der Waals surface area contributed by atoms with Gasteiger partial charge >= 0.3 is 0 Å². The van der Waals surface area contributed by atoms with Gasteiger partial charge in [0.25, 0.3) is 0 Å². The summed E-state index contributed by atoms with van der Waals surface area (Å²) in [5, 5.41) is 9.34. The molecule has 3 nitrogen and oxygen atoms in total. The fourth-order valence-electron chi connectivity index (χ4n) is 2.75. The zero-order valence-corrected chi connectivity index (χ0v) is 10.7. The molecule has 1 saturated heterocycles. The third-order valence-corrected chi connectivity index (χ3v) is 3.87. The van der Waals surface area contributed by atoms with Crippen molar-refractivity contribution in [2.75, 3.05) is 19.7 Å². The number of benzene rings is 1. The first-order valence-corrected chi connectivity index (χ1v) is 6.88. The Balaban J connectivity index is 1.63. The number of aliphatic hydroxyl groups excluding tert-OH is 1. The van der Waals surface area contributed by atoms with Crippen molar-refractivity contribution in [1.82, 2.24) is 4.90 Å². The van der Waals surface area contributed by atoms with Crippen LogP contribution in [0.2, 0.25) is 0 Å². The first-order chi connectivity index (χ1) is 8.85. The molecule has 1 heterocycles. The summed E-state index contributed by atoms with van der Waals surface area (Å²) in [5.41, 5.74) is 1.34. The average Bonchev–Trinajstić information content (AvgIpc) is 3.24. The first kappa shape index (κ1) is 12.2. The molecule has 2 atom stereocenters. The summed E-state index contributed by atoms with van der Waals surface area (Å²) in [6.07, 6.45) is 2.91. The lowest BCUT2D eigenvalue weighted by molar-refractivity contribution is -0.112. The first-order valence-electron chi connectivity index (χ1n) is 6.88. The van der Waals surface area contributed by atoms with Crippen LogP contribution in [0.5, 0.6) is 0 Å². The highest BCUT2D eigenvalue weighted by atomic mass is 16.5. The molecule has 1 aromatic carbocycles. The molecule has 1 aliphatic heterocycles. The molecule has 1 aliphatic carbocycles. The molecule has 0 spiro atoms. The topological polar surface area (TPSA) is 32.7 Å². The van der Waals surface area contributed by atoms with Crippen molar-refractivity contribution in [3.05, 3.63) is 35.9 Å². The predicted molar refractivity (Wildman–Crippen MR) is 70.2 cm³/mol. The fraction of sp³-hybridized carbons (Fsp3) is 0.600. The van der Waals surface area contributed by atoms with E-state index in [1.165, 1.54) is 18.4 Å². The van der Waals surface area contributed by atoms with E-state index in [-0.39, 0.29) is 12.7 Å². The van der Waals surface area contributed by atoms with E-state index in [0.717, 1.165) is 25.6 Å². The van der Waals surface area contributed by atoms with Gasteiger partial charge in [0.1, 0.15) is 0 Å². The molecule has 98 valence electrons. The monoisotopic (exact) mass is 247 g/mol. The SMILES string of the molecule is OC[C@@H]1CN(Cc2ccccc2)C[C@H](C2CC2)O1. The number of hydrogen-bond acceptors (Lipinski definition) is 3. The summed E-state index contributed by atoms with van der Waals surface area (Å²) in [6.45, 7) is 2.95. The Labute approximate surface area is 108 Å². The van der Waals surface area contributed by atoms with Gasteiger partial charge in [-0.1, -0.05) is 30.3 Å². The Hall–Kier alpha value is -0.900. The number of nitrogens with zero attached hydrogens (tertiary/aromatic N) is 1. The van der Waals surface area contributed by atoms with Crippen LogP contribution in [0, 0.1) is 5.92 Å². The maximum Gasteiger partial charge on any atom is 0.0936 e. The van der Waals surface area contributed by atoms with Gasteiger partial charge in [-0.05, 0) is 24.3 Å². The quantitative estimate of drug-likeness (QED) is 0.878. The summed E-state index contributed by atoms with van der Waals surface area (Å²) in [5.74, 6) is 0.734. The van der Waals surface area contributed by atoms with Gasteiger partial charge in [-0.2, -0.15) is 0 Å². The van der Waals surface area contributed by atoms with E-state index in [1.807, 2.05) is 6.07 Å². The lowest BCUT2D eigenvalue weighted by atomic mass is 10.1. The molecule has 0 amide bonds. The smallest absolute Gasteiger partial charge is 0.0936 e. The van der Waals surface area contributed by atoms with Crippen molar-refractivity contribution in [3.63, 3.8) is 0 Å². The van der Waals surface area contributed by atoms with Crippen molar-refractivity contribution >= 4 is 0 Å². The van der Waals surface area contributed by atoms with Crippen LogP contribution in [0.1, 0.15) is 18.4 Å². The molecule has 1 N–H and O–H groups in total. The van der Waals surface area contributed by atoms with E-state index < -0.39 is 0 Å². The van der Waals surface area contributed by atoms with Gasteiger partial charge in [-0.25, -0.2) is 0 Å². The van der Waals surface area contributed by atoms with E-state index in [1.54, 1.807) is 0 Å². The van der Waals surface area contributed by atoms with Crippen molar-refractivity contribution in [2.45, 2.75) is 31.6 Å². The maximum atomic E-state index is 9.34. The molecule has 18 heavy (non-hydrogen) atoms. The van der Waals surface area contributed by atoms with E-state index in [4.69, 9.17) is 4.74 Å². The highest BCUT2D eigenvalue weighted by Gasteiger charge is 2.38. The highest BCUT2D eigenvalue weighted by Crippen LogP contribution is 2.36. The molecule has 0 aromatic heterocycles. The minimum atomic E-state index is -0.00642. The Kier molecular flexibility index (Phi) is 3.64. The largest absolute Gasteiger partial charge is 0.394 e. The van der Waals surface area contributed by atoms with Crippen molar-refractivity contribution in [1.29, 1.82) is 0 Å². The van der Waals surface area contributed by atoms with Gasteiger partial charge < -0.3 is 9.84 Å². The Morgan fingerprint density at radius 1 is 1.17 bits per heavy atom. The van der Waals surface area contributed by atoms with Crippen molar-refractivity contribution in [3.8, 4) is 0 Å². The Morgan fingerprint density at radius 3 is 2.61 bits per heavy atom. The van der Waals surface area contributed by atoms with E-state index in [0.29, 0.717) is 6.10 Å². The number of rotatable bonds is 4. The normalized spacial score (nSPS) is 29.4. The Morgan fingerprint density at radius 2 is 1.94 bits per heavy atom. The van der Waals surface area contributed by atoms with Crippen LogP contribution in [0.3, 0.4) is 0 Å². The third kappa shape index (κ3) is 2.91. The van der Waals surface area contributed by atoms with Gasteiger partial charge in [0.2, 0.25) is 0 Å². The minimum absolute atomic E-state index is 0.00642. The third-order valence-electron chi connectivity index (χ3n) is 3.87. The summed E-state index contributed by atoms with van der Waals surface area (Å²) in [4.78, 5) is 2.42. The number of hydrogen-bond donors (Lipinski definition) is 1. The van der Waals surface area contributed by atoms with Gasteiger partial charge in [-0.3, -0.25) is 4.90 Å². The van der Waals surface area contributed by atoms with Crippen LogP contribution in [-0.2, 0) is 11.3 Å². The van der Waals surface area contributed by atoms with Crippen molar-refractivity contribution < 1.29 is 9.84 Å². The summed E-state index contributed by atoms with van der Waals surface area (Å²) >= 11 is 0. The molecule has 0 bridgehead atoms. The molecule has 0 unspecified atom stereocenters. The van der Waals surface area contributed by atoms with Gasteiger partial charge in [0, 0.05) is 19.6 Å². The predicted octanol–water partition coefficient (Wildman–Crippen LogP) is 1.66. The second-order valence-corrected chi connectivity index (χ2v) is 5.50. The zero-order valence-electron chi connectivity index (χ0n) is 10.7. The van der Waals surface area contributed by atoms with Gasteiger partial charge in [-0.15, -0.1) is 0 Å². The summed E-state index contributed by atoms with van der Waals surface area (Å²) in [7, 11) is 0. The molecule has 1 saturated carbocycles. The Bertz CT molecular complexity index is 377. The maximum absolute atomic E-state index is 9.34. The molecule has 0 radical (unpaired) electrons. The van der Waals surface area contributed by atoms with Gasteiger partial charge in [0.15, 0.2) is 0 Å². The van der Waals surface area contributed by atoms with E-state index in [9.17, 15) is 5.11 Å². The lowest BCUT2D eigenvalue weighted by Crippen LogP contribution is -2.49. The van der Waals surface area contributed by atoms with Crippen LogP contribution in [0.4, 0.5) is 0 Å². The second-order valence-electron chi connectivity index (χ2n) is 5.50. The average molecular weight is 247 g/mol. The van der Waals surface area contributed by atoms with Crippen LogP contribution < -0.4 is 0 Å². The minimum Gasteiger partial charge on any atom is -0.394 e. The fourth-order valence-corrected chi connectivity index (χ4v) is 2.75. The molecule has 1 aromatic rings. The standard InChI is InChI=1S/C15H21NO2/c17-11-14-9-16(8-12-4-2-1-3-5-12)10-15(18-14)13-6-7-13/h1-5,13-15,17H,6-11H2/t14-,15+/m0/s1. The van der Waals surface area contributed by atoms with Crippen LogP contribution in [0.25, 0.3) is 0 Å². The number of aliphatic hydroxyl groups is 1. The molecule has 2 aliphatic rings. The highest BCUT2D eigenvalue weighted by molar-refractivity contribution is 5.14. The zero-order chi connectivity index (χ0) is 12.4. The summed E-state index contributed by atoms with van der Waals surface area (Å²) in [6, 6.07) is 10.5. The number of morpholine rings is 1. The molecular formula is C15H21NO2. The second kappa shape index (κ2) is 5.39.